The summed E-state index contributed by atoms with van der Waals surface area (Å²) in [5.41, 5.74) is 0. The van der Waals surface area contributed by atoms with Crippen LogP contribution in [0.5, 0.6) is 0 Å². The molecule has 0 aromatic carbocycles. The van der Waals surface area contributed by atoms with E-state index in [4.69, 9.17) is 0 Å². The highest BCUT2D eigenvalue weighted by atomic mass is 14.2. The van der Waals surface area contributed by atoms with Gasteiger partial charge in [0, 0.05) is 0 Å². The molecule has 71 valence electrons. The monoisotopic (exact) mass is 167 g/mol. The van der Waals surface area contributed by atoms with E-state index in [1.165, 1.54) is 57.8 Å². The van der Waals surface area contributed by atoms with Crippen LogP contribution in [-0.4, -0.2) is 0 Å². The maximum atomic E-state index is 2.53. The smallest absolute Gasteiger partial charge is 0.0383 e. The van der Waals surface area contributed by atoms with Crippen LogP contribution in [0.3, 0.4) is 0 Å². The van der Waals surface area contributed by atoms with Crippen LogP contribution in [-0.2, 0) is 0 Å². The van der Waals surface area contributed by atoms with E-state index in [0.29, 0.717) is 0 Å². The minimum Gasteiger partial charge on any atom is -0.0654 e. The van der Waals surface area contributed by atoms with Crippen LogP contribution in [0.15, 0.2) is 0 Å². The van der Waals surface area contributed by atoms with E-state index < -0.39 is 0 Å². The van der Waals surface area contributed by atoms with Crippen molar-refractivity contribution in [1.29, 1.82) is 0 Å². The summed E-state index contributed by atoms with van der Waals surface area (Å²) in [6, 6.07) is 0. The van der Waals surface area contributed by atoms with Crippen molar-refractivity contribution in [3.05, 3.63) is 6.42 Å². The maximum absolute atomic E-state index is 2.53. The highest BCUT2D eigenvalue weighted by molar-refractivity contribution is 4.74. The Morgan fingerprint density at radius 3 is 3.00 bits per heavy atom. The van der Waals surface area contributed by atoms with Crippen LogP contribution in [0, 0.1) is 12.3 Å². The summed E-state index contributed by atoms with van der Waals surface area (Å²) in [4.78, 5) is 0. The molecule has 0 nitrogen and oxygen atoms in total. The third-order valence-electron chi connectivity index (χ3n) is 2.99. The predicted molar refractivity (Wildman–Crippen MR) is 55.0 cm³/mol. The first-order valence-electron chi connectivity index (χ1n) is 5.75. The van der Waals surface area contributed by atoms with E-state index in [2.05, 4.69) is 13.3 Å². The first-order chi connectivity index (χ1) is 5.93. The normalized spacial score (nSPS) is 21.8. The highest BCUT2D eigenvalue weighted by Gasteiger charge is 2.10. The van der Waals surface area contributed by atoms with Crippen molar-refractivity contribution in [2.24, 2.45) is 5.92 Å². The molecule has 12 heavy (non-hydrogen) atoms. The summed E-state index contributed by atoms with van der Waals surface area (Å²) in [5, 5.41) is 0. The molecule has 0 saturated heterocycles. The lowest BCUT2D eigenvalue weighted by Crippen LogP contribution is -2.03. The van der Waals surface area contributed by atoms with E-state index in [-0.39, 0.29) is 0 Å². The predicted octanol–water partition coefficient (Wildman–Crippen LogP) is 4.35. The summed E-state index contributed by atoms with van der Waals surface area (Å²) in [5.74, 6) is 1.03. The number of unbranched alkanes of at least 4 members (excludes halogenated alkanes) is 1. The van der Waals surface area contributed by atoms with Crippen LogP contribution in [0.4, 0.5) is 0 Å². The third-order valence-corrected chi connectivity index (χ3v) is 2.99. The molecule has 1 radical (unpaired) electrons. The van der Waals surface area contributed by atoms with Crippen molar-refractivity contribution >= 4 is 0 Å². The van der Waals surface area contributed by atoms with Crippen LogP contribution >= 0.6 is 0 Å². The molecule has 0 bridgehead atoms. The molecule has 1 fully saturated rings. The van der Waals surface area contributed by atoms with E-state index in [1.807, 2.05) is 0 Å². The Morgan fingerprint density at radius 1 is 1.25 bits per heavy atom. The summed E-state index contributed by atoms with van der Waals surface area (Å²) in [6.07, 6.45) is 15.5. The van der Waals surface area contributed by atoms with Gasteiger partial charge in [0.05, 0.1) is 0 Å². The molecule has 0 heteroatoms. The van der Waals surface area contributed by atoms with Crippen LogP contribution < -0.4 is 0 Å². The molecule has 0 spiro atoms. The van der Waals surface area contributed by atoms with Gasteiger partial charge in [-0.2, -0.15) is 0 Å². The van der Waals surface area contributed by atoms with Gasteiger partial charge in [0.1, 0.15) is 0 Å². The minimum atomic E-state index is 1.03. The van der Waals surface area contributed by atoms with Crippen molar-refractivity contribution in [2.75, 3.05) is 0 Å². The molecule has 0 aromatic rings. The number of rotatable bonds is 3. The molecule has 0 heterocycles. The second kappa shape index (κ2) is 6.51. The fourth-order valence-electron chi connectivity index (χ4n) is 2.12. The Morgan fingerprint density at radius 2 is 2.17 bits per heavy atom. The Balaban J connectivity index is 2.11. The SMILES string of the molecule is CCCCC1C[CH]CCCCC1. The zero-order chi connectivity index (χ0) is 8.65. The standard InChI is InChI=1S/C12H23/c1-2-3-9-12-10-7-5-4-6-8-11-12/h7,12H,2-6,8-11H2,1H3. The van der Waals surface area contributed by atoms with Gasteiger partial charge >= 0.3 is 0 Å². The molecular weight excluding hydrogens is 144 g/mol. The molecule has 1 atom stereocenters. The van der Waals surface area contributed by atoms with Crippen molar-refractivity contribution in [3.8, 4) is 0 Å². The lowest BCUT2D eigenvalue weighted by atomic mass is 9.88. The van der Waals surface area contributed by atoms with Crippen LogP contribution in [0.2, 0.25) is 0 Å². The second-order valence-corrected chi connectivity index (χ2v) is 4.17. The van der Waals surface area contributed by atoms with Gasteiger partial charge in [-0.15, -0.1) is 0 Å². The minimum absolute atomic E-state index is 1.03. The number of hydrogen-bond donors (Lipinski definition) is 0. The Bertz CT molecular complexity index is 85.5. The molecule has 1 saturated carbocycles. The summed E-state index contributed by atoms with van der Waals surface area (Å²) in [7, 11) is 0. The zero-order valence-electron chi connectivity index (χ0n) is 8.52. The largest absolute Gasteiger partial charge is 0.0654 e. The summed E-state index contributed by atoms with van der Waals surface area (Å²) < 4.78 is 0. The van der Waals surface area contributed by atoms with E-state index in [1.54, 1.807) is 0 Å². The fraction of sp³-hybridized carbons (Fsp3) is 0.917. The molecule has 0 N–H and O–H groups in total. The van der Waals surface area contributed by atoms with Gasteiger partial charge in [0.25, 0.3) is 0 Å². The average molecular weight is 167 g/mol. The first-order valence-corrected chi connectivity index (χ1v) is 5.75. The van der Waals surface area contributed by atoms with E-state index >= 15 is 0 Å². The number of hydrogen-bond acceptors (Lipinski definition) is 0. The van der Waals surface area contributed by atoms with Crippen LogP contribution in [0.1, 0.15) is 64.7 Å². The third kappa shape index (κ3) is 4.13. The van der Waals surface area contributed by atoms with Gasteiger partial charge in [-0.25, -0.2) is 0 Å². The van der Waals surface area contributed by atoms with Gasteiger partial charge in [-0.1, -0.05) is 58.3 Å². The Hall–Kier alpha value is 0. The van der Waals surface area contributed by atoms with Gasteiger partial charge in [-0.05, 0) is 18.8 Å². The quantitative estimate of drug-likeness (QED) is 0.586. The van der Waals surface area contributed by atoms with Gasteiger partial charge in [0.15, 0.2) is 0 Å². The molecule has 0 aromatic heterocycles. The van der Waals surface area contributed by atoms with Crippen LogP contribution in [0.25, 0.3) is 0 Å². The van der Waals surface area contributed by atoms with Gasteiger partial charge in [0.2, 0.25) is 0 Å². The Labute approximate surface area is 77.7 Å². The fourth-order valence-corrected chi connectivity index (χ4v) is 2.12. The Kier molecular flexibility index (Phi) is 5.47. The molecule has 1 aliphatic rings. The lowest BCUT2D eigenvalue weighted by Gasteiger charge is -2.18. The molecule has 1 rings (SSSR count). The van der Waals surface area contributed by atoms with Crippen molar-refractivity contribution in [1.82, 2.24) is 0 Å². The molecular formula is C12H23. The lowest BCUT2D eigenvalue weighted by molar-refractivity contribution is 0.387. The van der Waals surface area contributed by atoms with Gasteiger partial charge < -0.3 is 0 Å². The summed E-state index contributed by atoms with van der Waals surface area (Å²) >= 11 is 0. The highest BCUT2D eigenvalue weighted by Crippen LogP contribution is 2.25. The average Bonchev–Trinajstić information content (AvgIpc) is 2.02. The molecule has 1 unspecified atom stereocenters. The second-order valence-electron chi connectivity index (χ2n) is 4.17. The maximum Gasteiger partial charge on any atom is -0.0383 e. The topological polar surface area (TPSA) is 0 Å². The van der Waals surface area contributed by atoms with Gasteiger partial charge in [-0.3, -0.25) is 0 Å². The zero-order valence-corrected chi connectivity index (χ0v) is 8.52. The van der Waals surface area contributed by atoms with E-state index in [0.717, 1.165) is 5.92 Å². The molecule has 0 aliphatic heterocycles. The van der Waals surface area contributed by atoms with Crippen molar-refractivity contribution in [3.63, 3.8) is 0 Å². The van der Waals surface area contributed by atoms with E-state index in [9.17, 15) is 0 Å². The molecule has 1 aliphatic carbocycles. The summed E-state index contributed by atoms with van der Waals surface area (Å²) in [6.45, 7) is 2.30. The first kappa shape index (κ1) is 10.1. The van der Waals surface area contributed by atoms with Crippen molar-refractivity contribution in [2.45, 2.75) is 64.7 Å². The molecule has 0 amide bonds. The van der Waals surface area contributed by atoms with Crippen molar-refractivity contribution < 1.29 is 0 Å².